The molecule has 3 amide bonds. The van der Waals surface area contributed by atoms with E-state index < -0.39 is 29.9 Å². The molecular formula is C21H36N4O5. The predicted octanol–water partition coefficient (Wildman–Crippen LogP) is 0.679. The molecule has 30 heavy (non-hydrogen) atoms. The Morgan fingerprint density at radius 1 is 1.00 bits per heavy atom. The minimum absolute atomic E-state index is 0.179. The van der Waals surface area contributed by atoms with Gasteiger partial charge in [-0.3, -0.25) is 14.4 Å². The Labute approximate surface area is 178 Å². The quantitative estimate of drug-likeness (QED) is 0.331. The van der Waals surface area contributed by atoms with Gasteiger partial charge in [-0.15, -0.1) is 0 Å². The number of carbonyl (C=O) groups excluding carboxylic acids is 3. The van der Waals surface area contributed by atoms with Crippen molar-refractivity contribution in [1.82, 2.24) is 21.3 Å². The SMILES string of the molecule is CCC[C@H](NC(=O)CNC(=O)[C@H](CC1CCCCC1)NC(=O)[C@@H]1CCCN1)C(=O)O. The van der Waals surface area contributed by atoms with Crippen LogP contribution in [0.3, 0.4) is 0 Å². The van der Waals surface area contributed by atoms with Crippen LogP contribution in [0.4, 0.5) is 0 Å². The number of carboxylic acid groups (broad SMARTS) is 1. The second kappa shape index (κ2) is 12.5. The molecule has 9 heteroatoms. The highest BCUT2D eigenvalue weighted by Crippen LogP contribution is 2.27. The first-order chi connectivity index (χ1) is 14.4. The fraction of sp³-hybridized carbons (Fsp3) is 0.810. The van der Waals surface area contributed by atoms with Crippen LogP contribution in [-0.4, -0.2) is 60.0 Å². The molecule has 3 atom stereocenters. The van der Waals surface area contributed by atoms with Crippen molar-refractivity contribution >= 4 is 23.7 Å². The van der Waals surface area contributed by atoms with Crippen molar-refractivity contribution in [3.05, 3.63) is 0 Å². The van der Waals surface area contributed by atoms with E-state index in [0.29, 0.717) is 25.2 Å². The molecule has 0 aromatic carbocycles. The third-order valence-corrected chi connectivity index (χ3v) is 5.94. The monoisotopic (exact) mass is 424 g/mol. The van der Waals surface area contributed by atoms with E-state index in [1.165, 1.54) is 6.42 Å². The number of carbonyl (C=O) groups is 4. The summed E-state index contributed by atoms with van der Waals surface area (Å²) in [4.78, 5) is 48.6. The number of hydrogen-bond donors (Lipinski definition) is 5. The van der Waals surface area contributed by atoms with Gasteiger partial charge in [0.05, 0.1) is 12.6 Å². The third-order valence-electron chi connectivity index (χ3n) is 5.94. The normalized spacial score (nSPS) is 21.4. The van der Waals surface area contributed by atoms with Gasteiger partial charge in [-0.1, -0.05) is 45.4 Å². The van der Waals surface area contributed by atoms with Crippen LogP contribution in [-0.2, 0) is 19.2 Å². The van der Waals surface area contributed by atoms with Crippen LogP contribution in [0.1, 0.15) is 71.1 Å². The van der Waals surface area contributed by atoms with Gasteiger partial charge in [-0.25, -0.2) is 4.79 Å². The third kappa shape index (κ3) is 7.93. The molecule has 0 unspecified atom stereocenters. The molecule has 9 nitrogen and oxygen atoms in total. The Hall–Kier alpha value is -2.16. The van der Waals surface area contributed by atoms with Crippen molar-refractivity contribution in [2.24, 2.45) is 5.92 Å². The number of rotatable bonds is 11. The summed E-state index contributed by atoms with van der Waals surface area (Å²) < 4.78 is 0. The summed E-state index contributed by atoms with van der Waals surface area (Å²) >= 11 is 0. The second-order valence-corrected chi connectivity index (χ2v) is 8.41. The Kier molecular flexibility index (Phi) is 10.1. The van der Waals surface area contributed by atoms with Gasteiger partial charge < -0.3 is 26.4 Å². The lowest BCUT2D eigenvalue weighted by molar-refractivity contribution is -0.142. The van der Waals surface area contributed by atoms with Gasteiger partial charge in [-0.2, -0.15) is 0 Å². The van der Waals surface area contributed by atoms with E-state index >= 15 is 0 Å². The van der Waals surface area contributed by atoms with Gasteiger partial charge in [0.15, 0.2) is 0 Å². The van der Waals surface area contributed by atoms with Crippen molar-refractivity contribution in [2.45, 2.75) is 89.3 Å². The van der Waals surface area contributed by atoms with Crippen LogP contribution in [0.5, 0.6) is 0 Å². The molecule has 2 aliphatic rings. The van der Waals surface area contributed by atoms with E-state index in [1.807, 2.05) is 6.92 Å². The van der Waals surface area contributed by atoms with Crippen LogP contribution >= 0.6 is 0 Å². The van der Waals surface area contributed by atoms with Gasteiger partial charge in [-0.05, 0) is 38.1 Å². The maximum absolute atomic E-state index is 12.8. The van der Waals surface area contributed by atoms with Gasteiger partial charge in [0.2, 0.25) is 17.7 Å². The maximum Gasteiger partial charge on any atom is 0.326 e. The van der Waals surface area contributed by atoms with Crippen LogP contribution in [0.25, 0.3) is 0 Å². The van der Waals surface area contributed by atoms with Crippen LogP contribution in [0, 0.1) is 5.92 Å². The smallest absolute Gasteiger partial charge is 0.326 e. The van der Waals surface area contributed by atoms with E-state index in [0.717, 1.165) is 45.1 Å². The molecule has 0 bridgehead atoms. The summed E-state index contributed by atoms with van der Waals surface area (Å²) in [6, 6.07) is -1.94. The molecule has 5 N–H and O–H groups in total. The molecule has 1 heterocycles. The number of aliphatic carboxylic acids is 1. The van der Waals surface area contributed by atoms with Crippen LogP contribution in [0.2, 0.25) is 0 Å². The topological polar surface area (TPSA) is 137 Å². The van der Waals surface area contributed by atoms with Gasteiger partial charge in [0, 0.05) is 0 Å². The highest BCUT2D eigenvalue weighted by molar-refractivity contribution is 5.92. The summed E-state index contributed by atoms with van der Waals surface area (Å²) in [5, 5.41) is 20.2. The van der Waals surface area contributed by atoms with Crippen LogP contribution in [0.15, 0.2) is 0 Å². The Morgan fingerprint density at radius 2 is 1.73 bits per heavy atom. The number of amides is 3. The predicted molar refractivity (Wildman–Crippen MR) is 112 cm³/mol. The average molecular weight is 425 g/mol. The summed E-state index contributed by atoms with van der Waals surface area (Å²) in [6.07, 6.45) is 8.73. The average Bonchev–Trinajstić information content (AvgIpc) is 3.27. The fourth-order valence-electron chi connectivity index (χ4n) is 4.25. The molecule has 170 valence electrons. The summed E-state index contributed by atoms with van der Waals surface area (Å²) in [7, 11) is 0. The van der Waals surface area contributed by atoms with E-state index in [9.17, 15) is 19.2 Å². The maximum atomic E-state index is 12.8. The lowest BCUT2D eigenvalue weighted by Gasteiger charge is -2.27. The molecule has 1 saturated carbocycles. The van der Waals surface area contributed by atoms with Crippen molar-refractivity contribution in [1.29, 1.82) is 0 Å². The van der Waals surface area contributed by atoms with Gasteiger partial charge in [0.1, 0.15) is 12.1 Å². The van der Waals surface area contributed by atoms with E-state index in [-0.39, 0.29) is 18.5 Å². The highest BCUT2D eigenvalue weighted by Gasteiger charge is 2.30. The number of hydrogen-bond acceptors (Lipinski definition) is 5. The molecule has 1 saturated heterocycles. The van der Waals surface area contributed by atoms with E-state index in [1.54, 1.807) is 0 Å². The highest BCUT2D eigenvalue weighted by atomic mass is 16.4. The Morgan fingerprint density at radius 3 is 2.33 bits per heavy atom. The summed E-state index contributed by atoms with van der Waals surface area (Å²) in [5.41, 5.74) is 0. The minimum Gasteiger partial charge on any atom is -0.480 e. The van der Waals surface area contributed by atoms with E-state index in [2.05, 4.69) is 21.3 Å². The first kappa shape index (κ1) is 24.1. The molecule has 2 rings (SSSR count). The second-order valence-electron chi connectivity index (χ2n) is 8.41. The summed E-state index contributed by atoms with van der Waals surface area (Å²) in [6.45, 7) is 2.31. The molecule has 0 aromatic rings. The zero-order valence-electron chi connectivity index (χ0n) is 17.9. The van der Waals surface area contributed by atoms with Crippen molar-refractivity contribution in [3.63, 3.8) is 0 Å². The van der Waals surface area contributed by atoms with Gasteiger partial charge >= 0.3 is 5.97 Å². The molecule has 0 radical (unpaired) electrons. The molecule has 1 aliphatic carbocycles. The number of nitrogens with one attached hydrogen (secondary N) is 4. The van der Waals surface area contributed by atoms with E-state index in [4.69, 9.17) is 5.11 Å². The molecule has 1 aliphatic heterocycles. The van der Waals surface area contributed by atoms with Crippen LogP contribution < -0.4 is 21.3 Å². The Bertz CT molecular complexity index is 600. The zero-order valence-corrected chi connectivity index (χ0v) is 17.9. The van der Waals surface area contributed by atoms with Gasteiger partial charge in [0.25, 0.3) is 0 Å². The van der Waals surface area contributed by atoms with Crippen molar-refractivity contribution in [3.8, 4) is 0 Å². The van der Waals surface area contributed by atoms with Crippen molar-refractivity contribution in [2.75, 3.05) is 13.1 Å². The first-order valence-corrected chi connectivity index (χ1v) is 11.2. The zero-order chi connectivity index (χ0) is 21.9. The fourth-order valence-corrected chi connectivity index (χ4v) is 4.25. The largest absolute Gasteiger partial charge is 0.480 e. The molecular weight excluding hydrogens is 388 g/mol. The Balaban J connectivity index is 1.90. The summed E-state index contributed by atoms with van der Waals surface area (Å²) in [5.74, 6) is -1.85. The van der Waals surface area contributed by atoms with Crippen molar-refractivity contribution < 1.29 is 24.3 Å². The molecule has 0 aromatic heterocycles. The molecule has 0 spiro atoms. The lowest BCUT2D eigenvalue weighted by atomic mass is 9.84. The number of carboxylic acids is 1. The standard InChI is InChI=1S/C21H36N4O5/c1-2-7-16(21(29)30)24-18(26)13-23-19(27)17(12-14-8-4-3-5-9-14)25-20(28)15-10-6-11-22-15/h14-17,22H,2-13H2,1H3,(H,23,27)(H,24,26)(H,25,28)(H,29,30)/t15-,16-,17-/m0/s1. The minimum atomic E-state index is -1.09. The lowest BCUT2D eigenvalue weighted by Crippen LogP contribution is -2.54. The first-order valence-electron chi connectivity index (χ1n) is 11.2. The molecule has 2 fully saturated rings.